The van der Waals surface area contributed by atoms with Gasteiger partial charge in [0, 0.05) is 18.3 Å². The Labute approximate surface area is 91.3 Å². The minimum atomic E-state index is 0.804. The van der Waals surface area contributed by atoms with Gasteiger partial charge in [0.05, 0.1) is 0 Å². The van der Waals surface area contributed by atoms with E-state index in [1.807, 2.05) is 13.0 Å². The standard InChI is InChI=1S/C11H20N4/c1-10-8-11(15-9-14-10)13-7-5-3-2-4-6-12/h8-9H,2-7,12H2,1H3,(H,13,14,15). The normalized spacial score (nSPS) is 10.3. The summed E-state index contributed by atoms with van der Waals surface area (Å²) < 4.78 is 0. The molecular weight excluding hydrogens is 188 g/mol. The van der Waals surface area contributed by atoms with Crippen molar-refractivity contribution in [2.75, 3.05) is 18.4 Å². The van der Waals surface area contributed by atoms with Gasteiger partial charge in [0.25, 0.3) is 0 Å². The van der Waals surface area contributed by atoms with Crippen LogP contribution in [0.15, 0.2) is 12.4 Å². The van der Waals surface area contributed by atoms with Crippen LogP contribution >= 0.6 is 0 Å². The molecule has 0 saturated heterocycles. The molecule has 0 saturated carbocycles. The number of aryl methyl sites for hydroxylation is 1. The second-order valence-electron chi connectivity index (χ2n) is 3.67. The number of nitrogens with two attached hydrogens (primary N) is 1. The molecule has 4 heteroatoms. The van der Waals surface area contributed by atoms with Crippen molar-refractivity contribution in [3.05, 3.63) is 18.1 Å². The van der Waals surface area contributed by atoms with E-state index in [9.17, 15) is 0 Å². The monoisotopic (exact) mass is 208 g/mol. The Morgan fingerprint density at radius 2 is 2.00 bits per heavy atom. The highest BCUT2D eigenvalue weighted by molar-refractivity contribution is 5.33. The molecule has 0 fully saturated rings. The van der Waals surface area contributed by atoms with Gasteiger partial charge in [-0.1, -0.05) is 12.8 Å². The molecule has 0 atom stereocenters. The zero-order valence-corrected chi connectivity index (χ0v) is 9.37. The van der Waals surface area contributed by atoms with Gasteiger partial charge in [-0.05, 0) is 26.3 Å². The van der Waals surface area contributed by atoms with Gasteiger partial charge < -0.3 is 11.1 Å². The van der Waals surface area contributed by atoms with Gasteiger partial charge in [-0.25, -0.2) is 9.97 Å². The maximum Gasteiger partial charge on any atom is 0.129 e. The van der Waals surface area contributed by atoms with E-state index in [0.29, 0.717) is 0 Å². The Balaban J connectivity index is 2.10. The summed E-state index contributed by atoms with van der Waals surface area (Å²) in [4.78, 5) is 8.17. The number of hydrogen-bond donors (Lipinski definition) is 2. The second-order valence-corrected chi connectivity index (χ2v) is 3.67. The third-order valence-electron chi connectivity index (χ3n) is 2.24. The summed E-state index contributed by atoms with van der Waals surface area (Å²) in [6, 6.07) is 1.96. The van der Waals surface area contributed by atoms with E-state index in [1.165, 1.54) is 19.3 Å². The lowest BCUT2D eigenvalue weighted by Gasteiger charge is -2.05. The maximum absolute atomic E-state index is 5.42. The van der Waals surface area contributed by atoms with Crippen molar-refractivity contribution < 1.29 is 0 Å². The fourth-order valence-corrected chi connectivity index (χ4v) is 1.39. The summed E-state index contributed by atoms with van der Waals surface area (Å²) in [5.41, 5.74) is 6.41. The molecule has 0 amide bonds. The molecule has 4 nitrogen and oxygen atoms in total. The van der Waals surface area contributed by atoms with E-state index >= 15 is 0 Å². The lowest BCUT2D eigenvalue weighted by Crippen LogP contribution is -2.04. The molecule has 0 unspecified atom stereocenters. The summed E-state index contributed by atoms with van der Waals surface area (Å²) in [6.45, 7) is 3.74. The summed E-state index contributed by atoms with van der Waals surface area (Å²) in [5, 5.41) is 3.28. The van der Waals surface area contributed by atoms with Crippen LogP contribution in [-0.4, -0.2) is 23.1 Å². The van der Waals surface area contributed by atoms with E-state index < -0.39 is 0 Å². The minimum Gasteiger partial charge on any atom is -0.370 e. The summed E-state index contributed by atoms with van der Waals surface area (Å²) in [7, 11) is 0. The Morgan fingerprint density at radius 3 is 2.73 bits per heavy atom. The van der Waals surface area contributed by atoms with Gasteiger partial charge in [-0.15, -0.1) is 0 Å². The lowest BCUT2D eigenvalue weighted by atomic mass is 10.2. The largest absolute Gasteiger partial charge is 0.370 e. The Bertz CT molecular complexity index is 275. The van der Waals surface area contributed by atoms with Gasteiger partial charge in [0.15, 0.2) is 0 Å². The number of rotatable bonds is 7. The first-order chi connectivity index (χ1) is 7.33. The van der Waals surface area contributed by atoms with Crippen molar-refractivity contribution in [1.29, 1.82) is 0 Å². The SMILES string of the molecule is Cc1cc(NCCCCCCN)ncn1. The van der Waals surface area contributed by atoms with Crippen LogP contribution in [-0.2, 0) is 0 Å². The first-order valence-corrected chi connectivity index (χ1v) is 5.55. The highest BCUT2D eigenvalue weighted by Gasteiger charge is 1.94. The van der Waals surface area contributed by atoms with Gasteiger partial charge in [0.2, 0.25) is 0 Å². The van der Waals surface area contributed by atoms with E-state index in [2.05, 4.69) is 15.3 Å². The van der Waals surface area contributed by atoms with Crippen molar-refractivity contribution in [2.24, 2.45) is 5.73 Å². The molecule has 1 aromatic heterocycles. The van der Waals surface area contributed by atoms with Crippen LogP contribution in [0.5, 0.6) is 0 Å². The number of nitrogens with zero attached hydrogens (tertiary/aromatic N) is 2. The Morgan fingerprint density at radius 1 is 1.20 bits per heavy atom. The molecule has 1 heterocycles. The first-order valence-electron chi connectivity index (χ1n) is 5.55. The minimum absolute atomic E-state index is 0.804. The Kier molecular flexibility index (Phi) is 5.70. The van der Waals surface area contributed by atoms with Crippen LogP contribution in [0, 0.1) is 6.92 Å². The van der Waals surface area contributed by atoms with Crippen molar-refractivity contribution in [1.82, 2.24) is 9.97 Å². The molecular formula is C11H20N4. The molecule has 0 spiro atoms. The van der Waals surface area contributed by atoms with E-state index in [1.54, 1.807) is 6.33 Å². The first kappa shape index (κ1) is 11.9. The van der Waals surface area contributed by atoms with Gasteiger partial charge in [-0.3, -0.25) is 0 Å². The third kappa shape index (κ3) is 5.32. The molecule has 0 aromatic carbocycles. The zero-order valence-electron chi connectivity index (χ0n) is 9.37. The van der Waals surface area contributed by atoms with Crippen LogP contribution in [0.1, 0.15) is 31.4 Å². The van der Waals surface area contributed by atoms with E-state index in [4.69, 9.17) is 5.73 Å². The Hall–Kier alpha value is -1.16. The predicted octanol–water partition coefficient (Wildman–Crippen LogP) is 1.72. The van der Waals surface area contributed by atoms with Crippen LogP contribution in [0.4, 0.5) is 5.82 Å². The summed E-state index contributed by atoms with van der Waals surface area (Å²) >= 11 is 0. The van der Waals surface area contributed by atoms with Crippen molar-refractivity contribution >= 4 is 5.82 Å². The second kappa shape index (κ2) is 7.17. The molecule has 3 N–H and O–H groups in total. The molecule has 0 aliphatic rings. The van der Waals surface area contributed by atoms with Crippen molar-refractivity contribution in [3.63, 3.8) is 0 Å². The molecule has 0 aliphatic carbocycles. The fourth-order valence-electron chi connectivity index (χ4n) is 1.39. The summed E-state index contributed by atoms with van der Waals surface area (Å²) in [6.07, 6.45) is 6.34. The lowest BCUT2D eigenvalue weighted by molar-refractivity contribution is 0.661. The number of nitrogens with one attached hydrogen (secondary N) is 1. The van der Waals surface area contributed by atoms with Crippen molar-refractivity contribution in [3.8, 4) is 0 Å². The quantitative estimate of drug-likeness (QED) is 0.670. The zero-order chi connectivity index (χ0) is 10.9. The highest BCUT2D eigenvalue weighted by Crippen LogP contribution is 2.04. The average molecular weight is 208 g/mol. The molecule has 84 valence electrons. The highest BCUT2D eigenvalue weighted by atomic mass is 15.0. The third-order valence-corrected chi connectivity index (χ3v) is 2.24. The number of hydrogen-bond acceptors (Lipinski definition) is 4. The van der Waals surface area contributed by atoms with E-state index in [0.717, 1.165) is 31.0 Å². The molecule has 1 rings (SSSR count). The molecule has 1 aromatic rings. The average Bonchev–Trinajstić information content (AvgIpc) is 2.23. The topological polar surface area (TPSA) is 63.8 Å². The predicted molar refractivity (Wildman–Crippen MR) is 62.8 cm³/mol. The van der Waals surface area contributed by atoms with Crippen LogP contribution < -0.4 is 11.1 Å². The van der Waals surface area contributed by atoms with Crippen LogP contribution in [0.3, 0.4) is 0 Å². The molecule has 0 aliphatic heterocycles. The van der Waals surface area contributed by atoms with Crippen LogP contribution in [0.2, 0.25) is 0 Å². The van der Waals surface area contributed by atoms with Crippen LogP contribution in [0.25, 0.3) is 0 Å². The van der Waals surface area contributed by atoms with Gasteiger partial charge >= 0.3 is 0 Å². The number of anilines is 1. The fraction of sp³-hybridized carbons (Fsp3) is 0.636. The summed E-state index contributed by atoms with van der Waals surface area (Å²) in [5.74, 6) is 0.918. The maximum atomic E-state index is 5.42. The molecule has 0 radical (unpaired) electrons. The van der Waals surface area contributed by atoms with Gasteiger partial charge in [0.1, 0.15) is 12.1 Å². The molecule has 15 heavy (non-hydrogen) atoms. The van der Waals surface area contributed by atoms with Gasteiger partial charge in [-0.2, -0.15) is 0 Å². The van der Waals surface area contributed by atoms with E-state index in [-0.39, 0.29) is 0 Å². The number of aromatic nitrogens is 2. The molecule has 0 bridgehead atoms. The van der Waals surface area contributed by atoms with Crippen molar-refractivity contribution in [2.45, 2.75) is 32.6 Å². The smallest absolute Gasteiger partial charge is 0.129 e. The number of unbranched alkanes of at least 4 members (excludes halogenated alkanes) is 3.